The zero-order chi connectivity index (χ0) is 20.2. The summed E-state index contributed by atoms with van der Waals surface area (Å²) in [5.74, 6) is 1.09. The van der Waals surface area contributed by atoms with Crippen molar-refractivity contribution in [3.63, 3.8) is 0 Å². The molecule has 0 unspecified atom stereocenters. The fraction of sp³-hybridized carbons (Fsp3) is 0.364. The normalized spacial score (nSPS) is 15.7. The third-order valence-electron chi connectivity index (χ3n) is 5.14. The molecule has 0 atom stereocenters. The Labute approximate surface area is 178 Å². The average Bonchev–Trinajstić information content (AvgIpc) is 2.75. The molecule has 1 fully saturated rings. The summed E-state index contributed by atoms with van der Waals surface area (Å²) in [6.07, 6.45) is 3.37. The molecule has 0 aliphatic carbocycles. The third kappa shape index (κ3) is 4.56. The zero-order valence-electron chi connectivity index (χ0n) is 16.1. The predicted octanol–water partition coefficient (Wildman–Crippen LogP) is 4.03. The van der Waals surface area contributed by atoms with E-state index in [4.69, 9.17) is 9.47 Å². The van der Waals surface area contributed by atoms with E-state index < -0.39 is 0 Å². The molecule has 2 aromatic rings. The molecule has 152 valence electrons. The summed E-state index contributed by atoms with van der Waals surface area (Å²) in [6, 6.07) is 10.8. The van der Waals surface area contributed by atoms with Crippen LogP contribution in [0.25, 0.3) is 0 Å². The number of hydrogen-bond acceptors (Lipinski definition) is 4. The number of benzene rings is 2. The number of fused-ring (bicyclic) bond motifs is 1. The maximum absolute atomic E-state index is 12.9. The molecule has 6 nitrogen and oxygen atoms in total. The Morgan fingerprint density at radius 2 is 1.69 bits per heavy atom. The number of carbonyl (C=O) groups is 2. The number of nitrogens with one attached hydrogen (secondary N) is 1. The van der Waals surface area contributed by atoms with Crippen LogP contribution in [0.3, 0.4) is 0 Å². The number of anilines is 1. The summed E-state index contributed by atoms with van der Waals surface area (Å²) in [5.41, 5.74) is 1.87. The Morgan fingerprint density at radius 3 is 2.45 bits per heavy atom. The zero-order valence-corrected chi connectivity index (χ0v) is 17.7. The minimum atomic E-state index is -0.193. The van der Waals surface area contributed by atoms with Crippen molar-refractivity contribution in [1.82, 2.24) is 4.90 Å². The highest BCUT2D eigenvalue weighted by molar-refractivity contribution is 9.10. The van der Waals surface area contributed by atoms with Crippen molar-refractivity contribution in [3.8, 4) is 11.5 Å². The molecule has 0 spiro atoms. The van der Waals surface area contributed by atoms with E-state index >= 15 is 0 Å². The van der Waals surface area contributed by atoms with E-state index in [1.54, 1.807) is 12.1 Å². The van der Waals surface area contributed by atoms with Crippen molar-refractivity contribution in [1.29, 1.82) is 0 Å². The quantitative estimate of drug-likeness (QED) is 0.750. The number of halogens is 1. The average molecular weight is 459 g/mol. The maximum atomic E-state index is 12.9. The fourth-order valence-corrected chi connectivity index (χ4v) is 4.12. The summed E-state index contributed by atoms with van der Waals surface area (Å²) in [7, 11) is 0. The highest BCUT2D eigenvalue weighted by atomic mass is 79.9. The summed E-state index contributed by atoms with van der Waals surface area (Å²) >= 11 is 3.50. The lowest BCUT2D eigenvalue weighted by atomic mass is 10.1. The Balaban J connectivity index is 1.48. The first-order valence-electron chi connectivity index (χ1n) is 9.88. The molecule has 0 bridgehead atoms. The van der Waals surface area contributed by atoms with Gasteiger partial charge in [0.2, 0.25) is 5.91 Å². The lowest BCUT2D eigenvalue weighted by Crippen LogP contribution is -2.36. The molecule has 1 N–H and O–H groups in total. The van der Waals surface area contributed by atoms with Crippen LogP contribution in [0, 0.1) is 0 Å². The first-order chi connectivity index (χ1) is 14.1. The second-order valence-corrected chi connectivity index (χ2v) is 8.07. The van der Waals surface area contributed by atoms with Gasteiger partial charge in [-0.1, -0.05) is 28.1 Å². The van der Waals surface area contributed by atoms with Gasteiger partial charge in [0.15, 0.2) is 11.5 Å². The molecule has 2 heterocycles. The van der Waals surface area contributed by atoms with Gasteiger partial charge in [-0.2, -0.15) is 0 Å². The Morgan fingerprint density at radius 1 is 1.00 bits per heavy atom. The minimum Gasteiger partial charge on any atom is -0.486 e. The number of likely N-dealkylation sites (tertiary alicyclic amines) is 1. The van der Waals surface area contributed by atoms with Crippen LogP contribution in [0.1, 0.15) is 35.2 Å². The topological polar surface area (TPSA) is 67.9 Å². The van der Waals surface area contributed by atoms with Gasteiger partial charge in [0.1, 0.15) is 13.2 Å². The predicted molar refractivity (Wildman–Crippen MR) is 114 cm³/mol. The number of carbonyl (C=O) groups excluding carboxylic acids is 2. The van der Waals surface area contributed by atoms with Gasteiger partial charge >= 0.3 is 0 Å². The molecular formula is C22H23BrN2O4. The van der Waals surface area contributed by atoms with Crippen LogP contribution in [-0.2, 0) is 11.2 Å². The van der Waals surface area contributed by atoms with Crippen LogP contribution in [0.15, 0.2) is 40.9 Å². The summed E-state index contributed by atoms with van der Waals surface area (Å²) in [6.45, 7) is 2.55. The number of ether oxygens (including phenoxy) is 2. The van der Waals surface area contributed by atoms with E-state index in [1.165, 1.54) is 0 Å². The molecule has 29 heavy (non-hydrogen) atoms. The highest BCUT2D eigenvalue weighted by Crippen LogP contribution is 2.35. The smallest absolute Gasteiger partial charge is 0.255 e. The SMILES string of the molecule is O=C(Cc1cc2c(cc1Br)OCCO2)Nc1ccccc1C(=O)N1CCCCC1. The molecular weight excluding hydrogens is 436 g/mol. The molecule has 0 saturated carbocycles. The van der Waals surface area contributed by atoms with E-state index in [9.17, 15) is 9.59 Å². The summed E-state index contributed by atoms with van der Waals surface area (Å²) in [5, 5.41) is 2.91. The number of piperidine rings is 1. The van der Waals surface area contributed by atoms with Crippen LogP contribution < -0.4 is 14.8 Å². The number of rotatable bonds is 4. The summed E-state index contributed by atoms with van der Waals surface area (Å²) < 4.78 is 12.0. The van der Waals surface area contributed by atoms with Crippen LogP contribution in [0.2, 0.25) is 0 Å². The van der Waals surface area contributed by atoms with Gasteiger partial charge in [0, 0.05) is 17.6 Å². The standard InChI is InChI=1S/C22H23BrN2O4/c23-17-14-20-19(28-10-11-29-20)12-15(17)13-21(26)24-18-7-3-2-6-16(18)22(27)25-8-4-1-5-9-25/h2-3,6-7,12,14H,1,4-5,8-11,13H2,(H,24,26). The summed E-state index contributed by atoms with van der Waals surface area (Å²) in [4.78, 5) is 27.5. The molecule has 0 aromatic heterocycles. The van der Waals surface area contributed by atoms with E-state index in [0.717, 1.165) is 42.4 Å². The van der Waals surface area contributed by atoms with Crippen LogP contribution in [0.4, 0.5) is 5.69 Å². The number of hydrogen-bond donors (Lipinski definition) is 1. The molecule has 1 saturated heterocycles. The lowest BCUT2D eigenvalue weighted by molar-refractivity contribution is -0.115. The van der Waals surface area contributed by atoms with Crippen molar-refractivity contribution >= 4 is 33.4 Å². The third-order valence-corrected chi connectivity index (χ3v) is 5.88. The molecule has 7 heteroatoms. The first-order valence-corrected chi connectivity index (χ1v) is 10.7. The molecule has 2 aromatic carbocycles. The van der Waals surface area contributed by atoms with Gasteiger partial charge in [0.05, 0.1) is 17.7 Å². The van der Waals surface area contributed by atoms with E-state index in [1.807, 2.05) is 29.2 Å². The molecule has 0 radical (unpaired) electrons. The second-order valence-electron chi connectivity index (χ2n) is 7.21. The van der Waals surface area contributed by atoms with E-state index in [2.05, 4.69) is 21.2 Å². The second kappa shape index (κ2) is 8.86. The van der Waals surface area contributed by atoms with Gasteiger partial charge < -0.3 is 19.7 Å². The monoisotopic (exact) mass is 458 g/mol. The Bertz CT molecular complexity index is 925. The molecule has 2 aliphatic heterocycles. The van der Waals surface area contributed by atoms with E-state index in [-0.39, 0.29) is 18.2 Å². The maximum Gasteiger partial charge on any atom is 0.255 e. The van der Waals surface area contributed by atoms with Crippen molar-refractivity contribution in [2.24, 2.45) is 0 Å². The van der Waals surface area contributed by atoms with E-state index in [0.29, 0.717) is 36.0 Å². The Hall–Kier alpha value is -2.54. The van der Waals surface area contributed by atoms with Gasteiger partial charge in [-0.05, 0) is 49.1 Å². The highest BCUT2D eigenvalue weighted by Gasteiger charge is 2.22. The fourth-order valence-electron chi connectivity index (χ4n) is 3.65. The largest absolute Gasteiger partial charge is 0.486 e. The molecule has 4 rings (SSSR count). The number of nitrogens with zero attached hydrogens (tertiary/aromatic N) is 1. The van der Waals surface area contributed by atoms with Crippen LogP contribution in [0.5, 0.6) is 11.5 Å². The Kier molecular flexibility index (Phi) is 6.04. The first kappa shape index (κ1) is 19.8. The number of amides is 2. The van der Waals surface area contributed by atoms with Gasteiger partial charge in [-0.3, -0.25) is 9.59 Å². The molecule has 2 aliphatic rings. The minimum absolute atomic E-state index is 0.0267. The van der Waals surface area contributed by atoms with Crippen LogP contribution in [-0.4, -0.2) is 43.0 Å². The van der Waals surface area contributed by atoms with Crippen LogP contribution >= 0.6 is 15.9 Å². The van der Waals surface area contributed by atoms with Crippen molar-refractivity contribution in [2.45, 2.75) is 25.7 Å². The lowest BCUT2D eigenvalue weighted by Gasteiger charge is -2.27. The number of para-hydroxylation sites is 1. The van der Waals surface area contributed by atoms with Gasteiger partial charge in [-0.15, -0.1) is 0 Å². The van der Waals surface area contributed by atoms with Crippen molar-refractivity contribution in [3.05, 3.63) is 52.0 Å². The van der Waals surface area contributed by atoms with Crippen molar-refractivity contribution < 1.29 is 19.1 Å². The molecule has 2 amide bonds. The van der Waals surface area contributed by atoms with Crippen molar-refractivity contribution in [2.75, 3.05) is 31.6 Å². The van der Waals surface area contributed by atoms with Gasteiger partial charge in [-0.25, -0.2) is 0 Å². The van der Waals surface area contributed by atoms with Gasteiger partial charge in [0.25, 0.3) is 5.91 Å².